The van der Waals surface area contributed by atoms with Crippen LogP contribution in [0.1, 0.15) is 44.2 Å². The van der Waals surface area contributed by atoms with Crippen molar-refractivity contribution in [3.8, 4) is 11.1 Å². The van der Waals surface area contributed by atoms with E-state index in [0.717, 1.165) is 22.3 Å². The van der Waals surface area contributed by atoms with Crippen molar-refractivity contribution in [2.24, 2.45) is 5.92 Å². The Hall–Kier alpha value is -4.00. The van der Waals surface area contributed by atoms with Gasteiger partial charge in [-0.15, -0.1) is 0 Å². The summed E-state index contributed by atoms with van der Waals surface area (Å²) in [4.78, 5) is 41.0. The number of amides is 1. The van der Waals surface area contributed by atoms with Crippen LogP contribution in [0.25, 0.3) is 11.1 Å². The molecule has 0 spiro atoms. The number of aromatic nitrogens is 1. The highest BCUT2D eigenvalue weighted by Gasteiger charge is 2.22. The summed E-state index contributed by atoms with van der Waals surface area (Å²) in [5.74, 6) is -1.37. The second-order valence-electron chi connectivity index (χ2n) is 8.94. The second kappa shape index (κ2) is 14.5. The molecule has 0 saturated heterocycles. The van der Waals surface area contributed by atoms with E-state index >= 15 is 0 Å². The van der Waals surface area contributed by atoms with Crippen molar-refractivity contribution < 1.29 is 23.9 Å². The Morgan fingerprint density at radius 2 is 1.51 bits per heavy atom. The molecule has 1 amide bonds. The van der Waals surface area contributed by atoms with Crippen LogP contribution < -0.4 is 5.32 Å². The van der Waals surface area contributed by atoms with Crippen molar-refractivity contribution in [2.75, 3.05) is 6.61 Å². The second-order valence-corrected chi connectivity index (χ2v) is 8.94. The fraction of sp³-hybridized carbons (Fsp3) is 0.333. The van der Waals surface area contributed by atoms with E-state index in [1.807, 2.05) is 30.3 Å². The SMILES string of the molecule is CCOC(=O)[C@H](C)C[C@@H](Cc1ccc(-c2ccccc2)cc1)NC(=O)CCC(=O)OCc1ccncc1. The average Bonchev–Trinajstić information content (AvgIpc) is 2.92. The summed E-state index contributed by atoms with van der Waals surface area (Å²) in [6.45, 7) is 4.02. The molecule has 3 aromatic rings. The normalized spacial score (nSPS) is 12.3. The number of rotatable bonds is 13. The first-order chi connectivity index (χ1) is 17.9. The maximum atomic E-state index is 12.7. The fourth-order valence-corrected chi connectivity index (χ4v) is 3.98. The number of benzene rings is 2. The molecule has 0 bridgehead atoms. The standard InChI is InChI=1S/C30H34N2O5/c1-3-36-30(35)22(2)19-27(20-23-9-11-26(12-10-23)25-7-5-4-6-8-25)32-28(33)13-14-29(34)37-21-24-15-17-31-18-16-24/h4-12,15-18,22,27H,3,13-14,19-21H2,1-2H3,(H,32,33)/t22-,27+/m1/s1. The summed E-state index contributed by atoms with van der Waals surface area (Å²) in [5.41, 5.74) is 4.11. The first-order valence-corrected chi connectivity index (χ1v) is 12.6. The first kappa shape index (κ1) is 27.6. The van der Waals surface area contributed by atoms with Gasteiger partial charge in [0, 0.05) is 24.9 Å². The molecule has 0 fully saturated rings. The van der Waals surface area contributed by atoms with Crippen molar-refractivity contribution in [2.45, 2.75) is 52.2 Å². The number of hydrogen-bond acceptors (Lipinski definition) is 6. The molecule has 37 heavy (non-hydrogen) atoms. The molecule has 194 valence electrons. The molecule has 7 heteroatoms. The van der Waals surface area contributed by atoms with Gasteiger partial charge in [0.1, 0.15) is 6.61 Å². The zero-order chi connectivity index (χ0) is 26.5. The number of esters is 2. The van der Waals surface area contributed by atoms with E-state index in [1.54, 1.807) is 38.4 Å². The van der Waals surface area contributed by atoms with Crippen LogP contribution >= 0.6 is 0 Å². The van der Waals surface area contributed by atoms with Gasteiger partial charge >= 0.3 is 11.9 Å². The molecule has 3 rings (SSSR count). The summed E-state index contributed by atoms with van der Waals surface area (Å²) < 4.78 is 10.4. The molecule has 2 atom stereocenters. The summed E-state index contributed by atoms with van der Waals surface area (Å²) in [6.07, 6.45) is 4.22. The van der Waals surface area contributed by atoms with Crippen LogP contribution in [0.3, 0.4) is 0 Å². The molecule has 7 nitrogen and oxygen atoms in total. The first-order valence-electron chi connectivity index (χ1n) is 12.6. The van der Waals surface area contributed by atoms with Crippen LogP contribution in [0.4, 0.5) is 0 Å². The Balaban J connectivity index is 1.57. The molecule has 1 N–H and O–H groups in total. The van der Waals surface area contributed by atoms with Crippen molar-refractivity contribution in [1.29, 1.82) is 0 Å². The third-order valence-corrected chi connectivity index (χ3v) is 5.94. The third-order valence-electron chi connectivity index (χ3n) is 5.94. The maximum Gasteiger partial charge on any atom is 0.308 e. The number of nitrogens with one attached hydrogen (secondary N) is 1. The molecule has 0 radical (unpaired) electrons. The quantitative estimate of drug-likeness (QED) is 0.335. The highest BCUT2D eigenvalue weighted by atomic mass is 16.5. The van der Waals surface area contributed by atoms with Gasteiger partial charge in [0.15, 0.2) is 0 Å². The average molecular weight is 503 g/mol. The van der Waals surface area contributed by atoms with Gasteiger partial charge < -0.3 is 14.8 Å². The summed E-state index contributed by atoms with van der Waals surface area (Å²) >= 11 is 0. The fourth-order valence-electron chi connectivity index (χ4n) is 3.98. The lowest BCUT2D eigenvalue weighted by Gasteiger charge is -2.22. The van der Waals surface area contributed by atoms with Crippen LogP contribution in [0.15, 0.2) is 79.1 Å². The smallest absolute Gasteiger partial charge is 0.308 e. The van der Waals surface area contributed by atoms with E-state index in [1.165, 1.54) is 0 Å². The number of hydrogen-bond donors (Lipinski definition) is 1. The lowest BCUT2D eigenvalue weighted by Crippen LogP contribution is -2.39. The molecule has 0 unspecified atom stereocenters. The molecule has 1 heterocycles. The lowest BCUT2D eigenvalue weighted by molar-refractivity contribution is -0.148. The van der Waals surface area contributed by atoms with E-state index < -0.39 is 5.97 Å². The van der Waals surface area contributed by atoms with Crippen LogP contribution in [0.5, 0.6) is 0 Å². The third kappa shape index (κ3) is 9.52. The van der Waals surface area contributed by atoms with Gasteiger partial charge in [0.05, 0.1) is 18.9 Å². The van der Waals surface area contributed by atoms with Gasteiger partial charge in [-0.25, -0.2) is 0 Å². The molecule has 0 aliphatic carbocycles. The number of nitrogens with zero attached hydrogens (tertiary/aromatic N) is 1. The van der Waals surface area contributed by atoms with E-state index in [9.17, 15) is 14.4 Å². The van der Waals surface area contributed by atoms with Crippen LogP contribution in [0.2, 0.25) is 0 Å². The van der Waals surface area contributed by atoms with Crippen molar-refractivity contribution >= 4 is 17.8 Å². The molecule has 1 aromatic heterocycles. The number of pyridine rings is 1. The van der Waals surface area contributed by atoms with Gasteiger partial charge in [0.25, 0.3) is 0 Å². The maximum absolute atomic E-state index is 12.7. The van der Waals surface area contributed by atoms with Crippen molar-refractivity contribution in [3.05, 3.63) is 90.3 Å². The molecule has 0 saturated carbocycles. The predicted molar refractivity (Wildman–Crippen MR) is 141 cm³/mol. The van der Waals surface area contributed by atoms with Gasteiger partial charge in [-0.1, -0.05) is 61.5 Å². The summed E-state index contributed by atoms with van der Waals surface area (Å²) in [6, 6.07) is 21.5. The monoisotopic (exact) mass is 502 g/mol. The van der Waals surface area contributed by atoms with E-state index in [4.69, 9.17) is 9.47 Å². The number of carbonyl (C=O) groups excluding carboxylic acids is 3. The zero-order valence-corrected chi connectivity index (χ0v) is 21.4. The largest absolute Gasteiger partial charge is 0.466 e. The number of ether oxygens (including phenoxy) is 2. The topological polar surface area (TPSA) is 94.6 Å². The highest BCUT2D eigenvalue weighted by Crippen LogP contribution is 2.21. The van der Waals surface area contributed by atoms with Crippen LogP contribution in [-0.2, 0) is 36.9 Å². The summed E-state index contributed by atoms with van der Waals surface area (Å²) in [5, 5.41) is 3.01. The van der Waals surface area contributed by atoms with E-state index in [2.05, 4.69) is 34.6 Å². The zero-order valence-electron chi connectivity index (χ0n) is 21.4. The van der Waals surface area contributed by atoms with Crippen molar-refractivity contribution in [1.82, 2.24) is 10.3 Å². The minimum absolute atomic E-state index is 0.00636. The minimum atomic E-state index is -0.445. The Kier molecular flexibility index (Phi) is 10.8. The van der Waals surface area contributed by atoms with Gasteiger partial charge in [-0.3, -0.25) is 19.4 Å². The molecular formula is C30H34N2O5. The van der Waals surface area contributed by atoms with Gasteiger partial charge in [0.2, 0.25) is 5.91 Å². The van der Waals surface area contributed by atoms with Crippen LogP contribution in [0, 0.1) is 5.92 Å². The van der Waals surface area contributed by atoms with E-state index in [-0.39, 0.29) is 43.3 Å². The Morgan fingerprint density at radius 1 is 0.838 bits per heavy atom. The number of carbonyl (C=O) groups is 3. The molecular weight excluding hydrogens is 468 g/mol. The molecule has 0 aliphatic rings. The molecule has 2 aromatic carbocycles. The highest BCUT2D eigenvalue weighted by molar-refractivity contribution is 5.81. The Morgan fingerprint density at radius 3 is 2.19 bits per heavy atom. The Bertz CT molecular complexity index is 1130. The van der Waals surface area contributed by atoms with Gasteiger partial charge in [-0.05, 0) is 54.2 Å². The van der Waals surface area contributed by atoms with E-state index in [0.29, 0.717) is 19.4 Å². The predicted octanol–water partition coefficient (Wildman–Crippen LogP) is 4.89. The van der Waals surface area contributed by atoms with Gasteiger partial charge in [-0.2, -0.15) is 0 Å². The van der Waals surface area contributed by atoms with Crippen LogP contribution in [-0.4, -0.2) is 35.5 Å². The minimum Gasteiger partial charge on any atom is -0.466 e. The Labute approximate surface area is 218 Å². The summed E-state index contributed by atoms with van der Waals surface area (Å²) in [7, 11) is 0. The lowest BCUT2D eigenvalue weighted by atomic mass is 9.94. The molecule has 0 aliphatic heterocycles. The van der Waals surface area contributed by atoms with Crippen molar-refractivity contribution in [3.63, 3.8) is 0 Å².